The lowest BCUT2D eigenvalue weighted by Gasteiger charge is -2.41. The topological polar surface area (TPSA) is 319 Å². The second-order valence-corrected chi connectivity index (χ2v) is 12.9. The molecule has 19 heteroatoms. The van der Waals surface area contributed by atoms with Crippen molar-refractivity contribution in [1.82, 2.24) is 0 Å². The molecule has 0 aromatic heterocycles. The number of aliphatic hydroxyl groups is 8. The highest BCUT2D eigenvalue weighted by atomic mass is 16.7. The van der Waals surface area contributed by atoms with Crippen molar-refractivity contribution in [2.75, 3.05) is 13.2 Å². The Labute approximate surface area is 310 Å². The summed E-state index contributed by atoms with van der Waals surface area (Å²) in [5, 5.41) is 124. The highest BCUT2D eigenvalue weighted by molar-refractivity contribution is 5.87. The molecule has 3 aliphatic heterocycles. The Kier molecular flexibility index (Phi) is 11.6. The molecule has 0 radical (unpaired) electrons. The molecule has 3 aromatic carbocycles. The van der Waals surface area contributed by atoms with Gasteiger partial charge in [0.05, 0.1) is 18.2 Å². The van der Waals surface area contributed by atoms with Crippen LogP contribution in [0.2, 0.25) is 0 Å². The molecule has 11 unspecified atom stereocenters. The van der Waals surface area contributed by atoms with Crippen LogP contribution in [0.1, 0.15) is 22.8 Å². The van der Waals surface area contributed by atoms with Gasteiger partial charge in [0.25, 0.3) is 11.9 Å². The third kappa shape index (κ3) is 8.34. The van der Waals surface area contributed by atoms with Crippen molar-refractivity contribution in [3.05, 3.63) is 77.1 Å². The van der Waals surface area contributed by atoms with E-state index in [1.807, 2.05) is 0 Å². The molecule has 6 rings (SSSR count). The number of hydrogen-bond acceptors (Lipinski definition) is 18. The van der Waals surface area contributed by atoms with Crippen LogP contribution in [0, 0.1) is 0 Å². The number of aromatic hydroxyl groups is 6. The molecule has 11 atom stereocenters. The van der Waals surface area contributed by atoms with Crippen LogP contribution in [-0.2, 0) is 23.7 Å². The zero-order chi connectivity index (χ0) is 39.7. The van der Waals surface area contributed by atoms with Crippen molar-refractivity contribution >= 4 is 18.1 Å². The number of phenolic OH excluding ortho intramolecular Hbond substituents is 5. The Balaban J connectivity index is 1.28. The molecule has 3 aliphatic rings. The second-order valence-electron chi connectivity index (χ2n) is 12.9. The minimum absolute atomic E-state index is 0.00135. The van der Waals surface area contributed by atoms with Gasteiger partial charge in [0.15, 0.2) is 23.0 Å². The fourth-order valence-corrected chi connectivity index (χ4v) is 6.03. The first-order valence-electron chi connectivity index (χ1n) is 16.7. The van der Waals surface area contributed by atoms with E-state index in [1.165, 1.54) is 30.4 Å². The molecule has 19 nitrogen and oxygen atoms in total. The van der Waals surface area contributed by atoms with Crippen molar-refractivity contribution in [2.45, 2.75) is 67.5 Å². The average molecular weight is 776 g/mol. The average Bonchev–Trinajstić information content (AvgIpc) is 3.16. The Morgan fingerprint density at radius 1 is 0.727 bits per heavy atom. The number of carbonyl (C=O) groups is 1. The van der Waals surface area contributed by atoms with E-state index < -0.39 is 110 Å². The van der Waals surface area contributed by atoms with Crippen LogP contribution in [0.15, 0.2) is 60.4 Å². The monoisotopic (exact) mass is 775 g/mol. The van der Waals surface area contributed by atoms with E-state index in [0.29, 0.717) is 5.56 Å². The normalized spacial score (nSPS) is 30.5. The fraction of sp³-hybridized carbons (Fsp3) is 0.361. The maximum absolute atomic E-state index is 12.4. The minimum Gasteiger partial charge on any atom is -0.571 e. The Hall–Kier alpha value is -5.35. The molecular formula is C36H39O19+. The molecule has 0 saturated carbocycles. The van der Waals surface area contributed by atoms with Crippen molar-refractivity contribution in [3.8, 4) is 40.2 Å². The lowest BCUT2D eigenvalue weighted by Crippen LogP contribution is -2.60. The van der Waals surface area contributed by atoms with E-state index in [2.05, 4.69) is 4.74 Å². The highest BCUT2D eigenvalue weighted by Crippen LogP contribution is 2.48. The number of fused-ring (bicyclic) bond motifs is 1. The molecule has 0 aliphatic carbocycles. The number of esters is 1. The van der Waals surface area contributed by atoms with Gasteiger partial charge >= 0.3 is 5.97 Å². The molecule has 3 heterocycles. The third-order valence-electron chi connectivity index (χ3n) is 9.04. The van der Waals surface area contributed by atoms with Crippen LogP contribution < -0.4 is 4.74 Å². The molecule has 13 N–H and O–H groups in total. The van der Waals surface area contributed by atoms with Gasteiger partial charge in [-0.05, 0) is 35.9 Å². The standard InChI is InChI=1S/C36H38O19/c37-12-24-28(44)30(46)32(48)36(54-24)53-23-11-18-21(51-34(23)15-7-19(40)27(43)20(41)8-15)9-17(39)10-22(18)52-35-33(49)31(47)29(45)25(55-35)13-50-26(42)6-3-14-1-4-16(38)5-2-14/h1-11,24-25,28-41,43-49H,12-13H2/p+1. The van der Waals surface area contributed by atoms with E-state index in [4.69, 9.17) is 23.7 Å². The maximum Gasteiger partial charge on any atom is 0.330 e. The van der Waals surface area contributed by atoms with E-state index in [-0.39, 0.29) is 34.1 Å². The van der Waals surface area contributed by atoms with Gasteiger partial charge in [0.1, 0.15) is 78.3 Å². The van der Waals surface area contributed by atoms with Crippen LogP contribution in [0.5, 0.6) is 40.2 Å². The SMILES string of the molecule is O=C(C=Cc1ccc(O)cc1)OCC1OC(Oc2cc(O)cc3c2C=C(OC2OC(CO)C(O)C(O)C2O)C(c2cc(O)c(O)c(O)c2)[OH+]3)C(O)C(O)C1O. The molecule has 2 saturated heterocycles. The van der Waals surface area contributed by atoms with Crippen LogP contribution in [0.3, 0.4) is 0 Å². The van der Waals surface area contributed by atoms with Crippen molar-refractivity contribution in [1.29, 1.82) is 0 Å². The third-order valence-corrected chi connectivity index (χ3v) is 9.04. The Morgan fingerprint density at radius 3 is 1.96 bits per heavy atom. The van der Waals surface area contributed by atoms with Crippen LogP contribution >= 0.6 is 0 Å². The van der Waals surface area contributed by atoms with Gasteiger partial charge in [-0.1, -0.05) is 12.1 Å². The predicted molar refractivity (Wildman–Crippen MR) is 182 cm³/mol. The highest BCUT2D eigenvalue weighted by Gasteiger charge is 2.48. The van der Waals surface area contributed by atoms with Crippen molar-refractivity contribution in [2.24, 2.45) is 0 Å². The fourth-order valence-electron chi connectivity index (χ4n) is 6.03. The molecule has 296 valence electrons. The van der Waals surface area contributed by atoms with Gasteiger partial charge in [0, 0.05) is 18.2 Å². The van der Waals surface area contributed by atoms with Gasteiger partial charge in [-0.3, -0.25) is 0 Å². The number of ether oxygens (including phenoxy) is 6. The molecular weight excluding hydrogens is 736 g/mol. The number of phenols is 5. The predicted octanol–water partition coefficient (Wildman–Crippen LogP) is -1.19. The summed E-state index contributed by atoms with van der Waals surface area (Å²) in [6, 6.07) is 10.2. The maximum atomic E-state index is 12.4. The summed E-state index contributed by atoms with van der Waals surface area (Å²) in [7, 11) is 0. The minimum atomic E-state index is -1.90. The largest absolute Gasteiger partial charge is 0.571 e. The summed E-state index contributed by atoms with van der Waals surface area (Å²) in [4.78, 5) is 12.4. The van der Waals surface area contributed by atoms with Crippen LogP contribution in [0.25, 0.3) is 12.2 Å². The van der Waals surface area contributed by atoms with E-state index in [1.54, 1.807) is 12.1 Å². The number of rotatable bonds is 10. The number of aliphatic hydroxyl groups excluding tert-OH is 7. The molecule has 0 spiro atoms. The number of hydrogen-bond donors (Lipinski definition) is 12. The molecule has 0 amide bonds. The first-order chi connectivity index (χ1) is 26.1. The summed E-state index contributed by atoms with van der Waals surface area (Å²) in [6.45, 7) is -1.39. The zero-order valence-electron chi connectivity index (χ0n) is 28.4. The Bertz CT molecular complexity index is 1890. The van der Waals surface area contributed by atoms with Crippen molar-refractivity contribution < 1.29 is 94.5 Å². The first-order valence-corrected chi connectivity index (χ1v) is 16.7. The van der Waals surface area contributed by atoms with E-state index in [0.717, 1.165) is 24.3 Å². The van der Waals surface area contributed by atoms with Gasteiger partial charge in [-0.25, -0.2) is 4.79 Å². The zero-order valence-corrected chi connectivity index (χ0v) is 28.4. The lowest BCUT2D eigenvalue weighted by molar-refractivity contribution is -0.295. The molecule has 55 heavy (non-hydrogen) atoms. The van der Waals surface area contributed by atoms with Crippen LogP contribution in [0.4, 0.5) is 0 Å². The molecule has 2 fully saturated rings. The molecule has 3 aromatic rings. The summed E-state index contributed by atoms with van der Waals surface area (Å²) >= 11 is 0. The first kappa shape index (κ1) is 39.3. The smallest absolute Gasteiger partial charge is 0.330 e. The summed E-state index contributed by atoms with van der Waals surface area (Å²) in [6.07, 6.45) is -14.9. The summed E-state index contributed by atoms with van der Waals surface area (Å²) < 4.78 is 32.7. The summed E-state index contributed by atoms with van der Waals surface area (Å²) in [5.41, 5.74) is 0.580. The lowest BCUT2D eigenvalue weighted by atomic mass is 9.98. The van der Waals surface area contributed by atoms with Crippen LogP contribution in [-0.4, -0.2) is 147 Å². The summed E-state index contributed by atoms with van der Waals surface area (Å²) in [5.74, 6) is -4.12. The van der Waals surface area contributed by atoms with Gasteiger partial charge in [-0.15, -0.1) is 0 Å². The van der Waals surface area contributed by atoms with Gasteiger partial charge in [0.2, 0.25) is 12.6 Å². The molecule has 0 bridgehead atoms. The van der Waals surface area contributed by atoms with Gasteiger partial charge < -0.3 is 89.7 Å². The Morgan fingerprint density at radius 2 is 1.33 bits per heavy atom. The number of carbonyl (C=O) groups excluding carboxylic acids is 1. The van der Waals surface area contributed by atoms with Crippen molar-refractivity contribution in [3.63, 3.8) is 0 Å². The van der Waals surface area contributed by atoms with E-state index in [9.17, 15) is 66.1 Å². The number of benzene rings is 3. The van der Waals surface area contributed by atoms with E-state index >= 15 is 0 Å². The quantitative estimate of drug-likeness (QED) is 0.0499. The second kappa shape index (κ2) is 16.2. The van der Waals surface area contributed by atoms with Gasteiger partial charge in [-0.2, -0.15) is 0 Å².